The first-order valence-electron chi connectivity index (χ1n) is 7.73. The molecule has 0 bridgehead atoms. The summed E-state index contributed by atoms with van der Waals surface area (Å²) in [5.74, 6) is -0.857. The standard InChI is InChI=1S/C15H28N2O4/c1-4-12(2)17(9-10-21-3)14(20)16-15(11-13(18)19)7-5-6-8-15/h12H,4-11H2,1-3H3,(H,16,20)(H,18,19). The first-order chi connectivity index (χ1) is 9.94. The maximum atomic E-state index is 12.6. The van der Waals surface area contributed by atoms with E-state index in [0.717, 1.165) is 32.1 Å². The van der Waals surface area contributed by atoms with Crippen LogP contribution in [0.1, 0.15) is 52.4 Å². The number of carbonyl (C=O) groups excluding carboxylic acids is 1. The Kier molecular flexibility index (Phi) is 6.95. The second-order valence-electron chi connectivity index (χ2n) is 5.93. The van der Waals surface area contributed by atoms with Crippen molar-refractivity contribution < 1.29 is 19.4 Å². The van der Waals surface area contributed by atoms with E-state index in [4.69, 9.17) is 9.84 Å². The van der Waals surface area contributed by atoms with Crippen molar-refractivity contribution in [2.75, 3.05) is 20.3 Å². The van der Waals surface area contributed by atoms with Crippen LogP contribution in [0.25, 0.3) is 0 Å². The van der Waals surface area contributed by atoms with Crippen LogP contribution < -0.4 is 5.32 Å². The zero-order valence-corrected chi connectivity index (χ0v) is 13.4. The van der Waals surface area contributed by atoms with E-state index in [1.165, 1.54) is 0 Å². The first kappa shape index (κ1) is 17.8. The van der Waals surface area contributed by atoms with Crippen LogP contribution in [-0.4, -0.2) is 53.8 Å². The second-order valence-corrected chi connectivity index (χ2v) is 5.93. The largest absolute Gasteiger partial charge is 0.481 e. The number of ether oxygens (including phenoxy) is 1. The molecule has 2 amide bonds. The maximum Gasteiger partial charge on any atom is 0.318 e. The molecule has 1 unspecified atom stereocenters. The Labute approximate surface area is 126 Å². The van der Waals surface area contributed by atoms with Gasteiger partial charge in [-0.15, -0.1) is 0 Å². The third-order valence-electron chi connectivity index (χ3n) is 4.34. The normalized spacial score (nSPS) is 18.2. The van der Waals surface area contributed by atoms with Gasteiger partial charge >= 0.3 is 12.0 Å². The van der Waals surface area contributed by atoms with Crippen molar-refractivity contribution in [2.24, 2.45) is 0 Å². The van der Waals surface area contributed by atoms with E-state index in [-0.39, 0.29) is 18.5 Å². The predicted octanol–water partition coefficient (Wildman–Crippen LogP) is 2.23. The van der Waals surface area contributed by atoms with Crippen LogP contribution in [-0.2, 0) is 9.53 Å². The third-order valence-corrected chi connectivity index (χ3v) is 4.34. The monoisotopic (exact) mass is 300 g/mol. The first-order valence-corrected chi connectivity index (χ1v) is 7.73. The highest BCUT2D eigenvalue weighted by molar-refractivity contribution is 5.77. The zero-order valence-electron chi connectivity index (χ0n) is 13.4. The molecule has 2 N–H and O–H groups in total. The van der Waals surface area contributed by atoms with Crippen LogP contribution in [0.5, 0.6) is 0 Å². The molecule has 1 aliphatic carbocycles. The van der Waals surface area contributed by atoms with Gasteiger partial charge in [0.25, 0.3) is 0 Å². The average molecular weight is 300 g/mol. The number of nitrogens with one attached hydrogen (secondary N) is 1. The second kappa shape index (κ2) is 8.22. The summed E-state index contributed by atoms with van der Waals surface area (Å²) in [5.41, 5.74) is -0.582. The number of nitrogens with zero attached hydrogens (tertiary/aromatic N) is 1. The van der Waals surface area contributed by atoms with E-state index >= 15 is 0 Å². The van der Waals surface area contributed by atoms with Gasteiger partial charge in [-0.05, 0) is 26.2 Å². The van der Waals surface area contributed by atoms with Gasteiger partial charge < -0.3 is 20.1 Å². The van der Waals surface area contributed by atoms with Gasteiger partial charge in [0, 0.05) is 19.7 Å². The summed E-state index contributed by atoms with van der Waals surface area (Å²) in [4.78, 5) is 25.4. The fraction of sp³-hybridized carbons (Fsp3) is 0.867. The lowest BCUT2D eigenvalue weighted by Gasteiger charge is -2.35. The van der Waals surface area contributed by atoms with Gasteiger partial charge in [0.2, 0.25) is 0 Å². The van der Waals surface area contributed by atoms with Crippen molar-refractivity contribution in [1.29, 1.82) is 0 Å². The SMILES string of the molecule is CCC(C)N(CCOC)C(=O)NC1(CC(=O)O)CCCC1. The van der Waals surface area contributed by atoms with Gasteiger partial charge in [0.05, 0.1) is 18.6 Å². The van der Waals surface area contributed by atoms with Gasteiger partial charge in [-0.25, -0.2) is 4.79 Å². The molecule has 1 saturated carbocycles. The summed E-state index contributed by atoms with van der Waals surface area (Å²) in [6.45, 7) is 5.01. The highest BCUT2D eigenvalue weighted by Crippen LogP contribution is 2.33. The fourth-order valence-corrected chi connectivity index (χ4v) is 2.92. The Hall–Kier alpha value is -1.30. The molecule has 1 fully saturated rings. The molecule has 0 aromatic rings. The number of rotatable bonds is 8. The van der Waals surface area contributed by atoms with Crippen molar-refractivity contribution in [3.05, 3.63) is 0 Å². The summed E-state index contributed by atoms with van der Waals surface area (Å²) in [7, 11) is 1.61. The lowest BCUT2D eigenvalue weighted by atomic mass is 9.93. The summed E-state index contributed by atoms with van der Waals surface area (Å²) < 4.78 is 5.06. The number of carboxylic acids is 1. The number of carbonyl (C=O) groups is 2. The summed E-state index contributed by atoms with van der Waals surface area (Å²) in [6, 6.07) is -0.0759. The molecule has 0 heterocycles. The van der Waals surface area contributed by atoms with Crippen LogP contribution in [0.3, 0.4) is 0 Å². The number of amides is 2. The Morgan fingerprint density at radius 3 is 2.48 bits per heavy atom. The molecule has 0 saturated heterocycles. The van der Waals surface area contributed by atoms with Crippen molar-refractivity contribution in [3.63, 3.8) is 0 Å². The minimum absolute atomic E-state index is 0.00262. The van der Waals surface area contributed by atoms with Crippen LogP contribution in [0.4, 0.5) is 4.79 Å². The Bertz CT molecular complexity index is 354. The van der Waals surface area contributed by atoms with Crippen molar-refractivity contribution in [2.45, 2.75) is 64.0 Å². The molecular formula is C15H28N2O4. The molecule has 1 aliphatic rings. The van der Waals surface area contributed by atoms with Gasteiger partial charge in [0.15, 0.2) is 0 Å². The number of carboxylic acid groups (broad SMARTS) is 1. The summed E-state index contributed by atoms with van der Waals surface area (Å²) >= 11 is 0. The Morgan fingerprint density at radius 2 is 2.00 bits per heavy atom. The Balaban J connectivity index is 2.75. The number of methoxy groups -OCH3 is 1. The molecule has 6 heteroatoms. The lowest BCUT2D eigenvalue weighted by Crippen LogP contribution is -2.55. The van der Waals surface area contributed by atoms with Gasteiger partial charge in [-0.2, -0.15) is 0 Å². The molecular weight excluding hydrogens is 272 g/mol. The van der Waals surface area contributed by atoms with Gasteiger partial charge in [-0.3, -0.25) is 4.79 Å². The summed E-state index contributed by atoms with van der Waals surface area (Å²) in [6.07, 6.45) is 4.26. The molecule has 0 aromatic heterocycles. The third kappa shape index (κ3) is 5.19. The highest BCUT2D eigenvalue weighted by Gasteiger charge is 2.38. The van der Waals surface area contributed by atoms with Crippen molar-refractivity contribution in [1.82, 2.24) is 10.2 Å². The molecule has 0 spiro atoms. The van der Waals surface area contributed by atoms with Crippen LogP contribution >= 0.6 is 0 Å². The molecule has 0 aliphatic heterocycles. The predicted molar refractivity (Wildman–Crippen MR) is 80.3 cm³/mol. The van der Waals surface area contributed by atoms with Crippen LogP contribution in [0, 0.1) is 0 Å². The number of hydrogen-bond donors (Lipinski definition) is 2. The number of hydrogen-bond acceptors (Lipinski definition) is 3. The Morgan fingerprint density at radius 1 is 1.38 bits per heavy atom. The lowest BCUT2D eigenvalue weighted by molar-refractivity contribution is -0.138. The highest BCUT2D eigenvalue weighted by atomic mass is 16.5. The molecule has 1 rings (SSSR count). The summed E-state index contributed by atoms with van der Waals surface area (Å²) in [5, 5.41) is 12.1. The zero-order chi connectivity index (χ0) is 15.9. The number of urea groups is 1. The molecule has 122 valence electrons. The molecule has 1 atom stereocenters. The smallest absolute Gasteiger partial charge is 0.318 e. The number of aliphatic carboxylic acids is 1. The molecule has 0 aromatic carbocycles. The van der Waals surface area contributed by atoms with Crippen molar-refractivity contribution >= 4 is 12.0 Å². The molecule has 21 heavy (non-hydrogen) atoms. The van der Waals surface area contributed by atoms with E-state index in [1.807, 2.05) is 13.8 Å². The van der Waals surface area contributed by atoms with E-state index in [0.29, 0.717) is 13.2 Å². The van der Waals surface area contributed by atoms with Gasteiger partial charge in [0.1, 0.15) is 0 Å². The molecule has 0 radical (unpaired) electrons. The fourth-order valence-electron chi connectivity index (χ4n) is 2.92. The van der Waals surface area contributed by atoms with E-state index in [1.54, 1.807) is 12.0 Å². The minimum atomic E-state index is -0.857. The van der Waals surface area contributed by atoms with E-state index in [2.05, 4.69) is 5.32 Å². The van der Waals surface area contributed by atoms with E-state index in [9.17, 15) is 9.59 Å². The van der Waals surface area contributed by atoms with Crippen LogP contribution in [0.2, 0.25) is 0 Å². The van der Waals surface area contributed by atoms with Crippen LogP contribution in [0.15, 0.2) is 0 Å². The minimum Gasteiger partial charge on any atom is -0.481 e. The topological polar surface area (TPSA) is 78.9 Å². The maximum absolute atomic E-state index is 12.6. The molecule has 6 nitrogen and oxygen atoms in total. The van der Waals surface area contributed by atoms with Gasteiger partial charge in [-0.1, -0.05) is 19.8 Å². The van der Waals surface area contributed by atoms with Crippen molar-refractivity contribution in [3.8, 4) is 0 Å². The van der Waals surface area contributed by atoms with E-state index < -0.39 is 11.5 Å². The average Bonchev–Trinajstić information content (AvgIpc) is 2.85. The quantitative estimate of drug-likeness (QED) is 0.720.